The lowest BCUT2D eigenvalue weighted by Crippen LogP contribution is -2.40. The summed E-state index contributed by atoms with van der Waals surface area (Å²) < 4.78 is 5.70. The van der Waals surface area contributed by atoms with Crippen LogP contribution in [0.4, 0.5) is 17.1 Å². The first-order valence-corrected chi connectivity index (χ1v) is 9.10. The molecular formula is C22H24ClN2O+. The minimum Gasteiger partial charge on any atom is -0.491 e. The Balaban J connectivity index is 1.80. The normalized spacial score (nSPS) is 10.8. The average Bonchev–Trinajstić information content (AvgIpc) is 2.60. The van der Waals surface area contributed by atoms with Crippen molar-refractivity contribution in [3.63, 3.8) is 0 Å². The lowest BCUT2D eigenvalue weighted by Gasteiger charge is -2.14. The van der Waals surface area contributed by atoms with E-state index in [-0.39, 0.29) is 6.10 Å². The molecule has 0 aliphatic heterocycles. The molecule has 0 unspecified atom stereocenters. The van der Waals surface area contributed by atoms with Crippen molar-refractivity contribution in [2.24, 2.45) is 0 Å². The van der Waals surface area contributed by atoms with Crippen molar-refractivity contribution in [3.05, 3.63) is 82.9 Å². The third-order valence-corrected chi connectivity index (χ3v) is 4.23. The second kappa shape index (κ2) is 8.26. The summed E-state index contributed by atoms with van der Waals surface area (Å²) in [6.45, 7) is 4.05. The number of benzene rings is 3. The molecule has 0 saturated carbocycles. The Kier molecular flexibility index (Phi) is 5.82. The van der Waals surface area contributed by atoms with Crippen molar-refractivity contribution in [1.82, 2.24) is 0 Å². The van der Waals surface area contributed by atoms with Gasteiger partial charge >= 0.3 is 0 Å². The summed E-state index contributed by atoms with van der Waals surface area (Å²) >= 11 is 5.99. The van der Waals surface area contributed by atoms with Crippen molar-refractivity contribution in [2.75, 3.05) is 5.32 Å². The van der Waals surface area contributed by atoms with Crippen LogP contribution in [-0.2, 0) is 6.42 Å². The maximum absolute atomic E-state index is 5.99. The molecule has 0 saturated heterocycles. The molecule has 0 amide bonds. The highest BCUT2D eigenvalue weighted by Crippen LogP contribution is 2.27. The van der Waals surface area contributed by atoms with Gasteiger partial charge in [0.05, 0.1) is 6.10 Å². The molecule has 0 aromatic heterocycles. The quantitative estimate of drug-likeness (QED) is 0.618. The van der Waals surface area contributed by atoms with Gasteiger partial charge in [0.15, 0.2) is 0 Å². The molecule has 0 aliphatic carbocycles. The lowest BCUT2D eigenvalue weighted by molar-refractivity contribution is -0.254. The van der Waals surface area contributed by atoms with E-state index < -0.39 is 0 Å². The summed E-state index contributed by atoms with van der Waals surface area (Å²) in [4.78, 5) is 0. The third kappa shape index (κ3) is 5.01. The molecule has 0 aliphatic rings. The Morgan fingerprint density at radius 1 is 0.962 bits per heavy atom. The van der Waals surface area contributed by atoms with E-state index in [0.717, 1.165) is 34.3 Å². The number of rotatable bonds is 6. The van der Waals surface area contributed by atoms with E-state index in [1.807, 2.05) is 56.3 Å². The third-order valence-electron chi connectivity index (χ3n) is 3.98. The molecule has 3 nitrogen and oxygen atoms in total. The molecule has 0 atom stereocenters. The topological polar surface area (TPSA) is 48.9 Å². The molecule has 0 fully saturated rings. The zero-order chi connectivity index (χ0) is 18.5. The van der Waals surface area contributed by atoms with Gasteiger partial charge < -0.3 is 15.8 Å². The van der Waals surface area contributed by atoms with Gasteiger partial charge in [-0.1, -0.05) is 23.7 Å². The molecular weight excluding hydrogens is 344 g/mol. The minimum atomic E-state index is 0.171. The molecule has 0 heterocycles. The fraction of sp³-hybridized carbons (Fsp3) is 0.182. The molecule has 4 heteroatoms. The number of quaternary nitrogens is 1. The van der Waals surface area contributed by atoms with Crippen LogP contribution < -0.4 is 15.8 Å². The van der Waals surface area contributed by atoms with Crippen LogP contribution >= 0.6 is 11.6 Å². The summed E-state index contributed by atoms with van der Waals surface area (Å²) in [5.74, 6) is 0.875. The van der Waals surface area contributed by atoms with E-state index in [2.05, 4.69) is 35.3 Å². The second-order valence-electron chi connectivity index (χ2n) is 6.61. The Labute approximate surface area is 159 Å². The number of ether oxygens (including phenoxy) is 1. The Bertz CT molecular complexity index is 858. The maximum atomic E-state index is 5.99. The molecule has 3 aromatic rings. The maximum Gasteiger partial charge on any atom is 0.128 e. The van der Waals surface area contributed by atoms with Crippen LogP contribution in [0.25, 0.3) is 0 Å². The largest absolute Gasteiger partial charge is 0.491 e. The fourth-order valence-electron chi connectivity index (χ4n) is 2.78. The zero-order valence-corrected chi connectivity index (χ0v) is 15.9. The number of anilines is 2. The van der Waals surface area contributed by atoms with Crippen LogP contribution in [0.1, 0.15) is 25.0 Å². The number of halogens is 1. The van der Waals surface area contributed by atoms with Gasteiger partial charge in [-0.2, -0.15) is 0 Å². The van der Waals surface area contributed by atoms with Gasteiger partial charge in [0.25, 0.3) is 0 Å². The first-order chi connectivity index (χ1) is 12.5. The van der Waals surface area contributed by atoms with E-state index in [1.165, 1.54) is 11.1 Å². The van der Waals surface area contributed by atoms with E-state index >= 15 is 0 Å². The Morgan fingerprint density at radius 2 is 1.65 bits per heavy atom. The van der Waals surface area contributed by atoms with Crippen LogP contribution in [0, 0.1) is 0 Å². The molecule has 0 radical (unpaired) electrons. The molecule has 3 rings (SSSR count). The highest BCUT2D eigenvalue weighted by molar-refractivity contribution is 6.30. The van der Waals surface area contributed by atoms with Crippen molar-refractivity contribution < 1.29 is 10.5 Å². The number of nitrogens with one attached hydrogen (secondary N) is 1. The van der Waals surface area contributed by atoms with Gasteiger partial charge in [-0.25, -0.2) is 0 Å². The van der Waals surface area contributed by atoms with Crippen LogP contribution in [-0.4, -0.2) is 6.10 Å². The van der Waals surface area contributed by atoms with Crippen molar-refractivity contribution in [1.29, 1.82) is 0 Å². The van der Waals surface area contributed by atoms with E-state index in [0.29, 0.717) is 0 Å². The van der Waals surface area contributed by atoms with Crippen molar-refractivity contribution in [3.8, 4) is 5.75 Å². The monoisotopic (exact) mass is 367 g/mol. The van der Waals surface area contributed by atoms with Crippen LogP contribution in [0.2, 0.25) is 5.02 Å². The van der Waals surface area contributed by atoms with Crippen molar-refractivity contribution in [2.45, 2.75) is 26.4 Å². The predicted molar refractivity (Wildman–Crippen MR) is 109 cm³/mol. The Morgan fingerprint density at radius 3 is 2.31 bits per heavy atom. The highest BCUT2D eigenvalue weighted by Gasteiger charge is 2.07. The van der Waals surface area contributed by atoms with Gasteiger partial charge in [-0.15, -0.1) is 0 Å². The second-order valence-corrected chi connectivity index (χ2v) is 7.05. The van der Waals surface area contributed by atoms with Gasteiger partial charge in [0.2, 0.25) is 0 Å². The van der Waals surface area contributed by atoms with E-state index in [9.17, 15) is 0 Å². The molecule has 0 spiro atoms. The first kappa shape index (κ1) is 18.3. The molecule has 4 N–H and O–H groups in total. The fourth-order valence-corrected chi connectivity index (χ4v) is 2.91. The van der Waals surface area contributed by atoms with Crippen molar-refractivity contribution >= 4 is 28.7 Å². The molecule has 3 aromatic carbocycles. The average molecular weight is 368 g/mol. The van der Waals surface area contributed by atoms with E-state index in [1.54, 1.807) is 0 Å². The first-order valence-electron chi connectivity index (χ1n) is 8.72. The molecule has 26 heavy (non-hydrogen) atoms. The van der Waals surface area contributed by atoms with Crippen LogP contribution in [0.5, 0.6) is 5.75 Å². The summed E-state index contributed by atoms with van der Waals surface area (Å²) in [6.07, 6.45) is 0.988. The smallest absolute Gasteiger partial charge is 0.128 e. The lowest BCUT2D eigenvalue weighted by atomic mass is 10.0. The number of hydrogen-bond acceptors (Lipinski definition) is 2. The molecule has 134 valence electrons. The highest BCUT2D eigenvalue weighted by atomic mass is 35.5. The van der Waals surface area contributed by atoms with E-state index in [4.69, 9.17) is 16.3 Å². The standard InChI is InChI=1S/C22H23ClN2O/c1-15(2)26-21-10-8-20(9-11-21)25-22-12-7-19(24)14-17(22)13-16-3-5-18(23)6-4-16/h3-12,14-15,25H,13,24H2,1-2H3/p+1. The van der Waals surface area contributed by atoms with Crippen LogP contribution in [0.15, 0.2) is 66.7 Å². The SMILES string of the molecule is CC(C)Oc1ccc(Nc2ccc([NH3+])cc2Cc2ccc(Cl)cc2)cc1. The zero-order valence-electron chi connectivity index (χ0n) is 15.1. The predicted octanol–water partition coefficient (Wildman–Crippen LogP) is 5.34. The van der Waals surface area contributed by atoms with Gasteiger partial charge in [0, 0.05) is 28.5 Å². The minimum absolute atomic E-state index is 0.171. The summed E-state index contributed by atoms with van der Waals surface area (Å²) in [5.41, 5.74) is 9.56. The van der Waals surface area contributed by atoms with Gasteiger partial charge in [0.1, 0.15) is 11.4 Å². The summed E-state index contributed by atoms with van der Waals surface area (Å²) in [5, 5.41) is 4.25. The van der Waals surface area contributed by atoms with Crippen LogP contribution in [0.3, 0.4) is 0 Å². The number of hydrogen-bond donors (Lipinski definition) is 2. The molecule has 0 bridgehead atoms. The Hall–Kier alpha value is -2.49. The van der Waals surface area contributed by atoms with Gasteiger partial charge in [-0.3, -0.25) is 0 Å². The summed E-state index contributed by atoms with van der Waals surface area (Å²) in [7, 11) is 0. The van der Waals surface area contributed by atoms with Gasteiger partial charge in [-0.05, 0) is 73.9 Å². The summed E-state index contributed by atoms with van der Waals surface area (Å²) in [6, 6.07) is 22.2.